The van der Waals surface area contributed by atoms with Crippen LogP contribution in [0.5, 0.6) is 11.5 Å². The number of likely N-dealkylation sites (tertiary alicyclic amines) is 1. The van der Waals surface area contributed by atoms with Crippen LogP contribution in [-0.2, 0) is 16.6 Å². The molecule has 6 heteroatoms. The average molecular weight is 487 g/mol. The number of nitrogens with zero attached hydrogens (tertiary/aromatic N) is 2. The molecule has 2 aliphatic heterocycles. The van der Waals surface area contributed by atoms with Gasteiger partial charge in [0.2, 0.25) is 5.91 Å². The minimum atomic E-state index is -0.933. The highest BCUT2D eigenvalue weighted by molar-refractivity contribution is 5.92. The number of carbonyl (C=O) groups is 1. The van der Waals surface area contributed by atoms with Gasteiger partial charge >= 0.3 is 0 Å². The summed E-state index contributed by atoms with van der Waals surface area (Å²) in [4.78, 5) is 17.6. The second-order valence-corrected chi connectivity index (χ2v) is 11.6. The molecule has 1 amide bonds. The Morgan fingerprint density at radius 3 is 2.75 bits per heavy atom. The zero-order valence-corrected chi connectivity index (χ0v) is 20.8. The normalized spacial score (nSPS) is 34.3. The topological polar surface area (TPSA) is 73.2 Å². The van der Waals surface area contributed by atoms with Gasteiger partial charge in [-0.1, -0.05) is 36.4 Å². The Morgan fingerprint density at radius 2 is 1.97 bits per heavy atom. The van der Waals surface area contributed by atoms with E-state index in [2.05, 4.69) is 4.90 Å². The molecule has 3 aliphatic carbocycles. The summed E-state index contributed by atoms with van der Waals surface area (Å²) >= 11 is 0. The summed E-state index contributed by atoms with van der Waals surface area (Å²) in [5, 5.41) is 23.4. The van der Waals surface area contributed by atoms with Crippen LogP contribution in [0.25, 0.3) is 6.08 Å². The smallest absolute Gasteiger partial charge is 0.246 e. The molecule has 6 nitrogen and oxygen atoms in total. The summed E-state index contributed by atoms with van der Waals surface area (Å²) < 4.78 is 6.60. The van der Waals surface area contributed by atoms with Crippen molar-refractivity contribution in [2.45, 2.75) is 67.7 Å². The van der Waals surface area contributed by atoms with Gasteiger partial charge in [0.25, 0.3) is 0 Å². The number of piperidine rings is 1. The zero-order valence-electron chi connectivity index (χ0n) is 20.8. The van der Waals surface area contributed by atoms with Crippen molar-refractivity contribution in [3.63, 3.8) is 0 Å². The first-order valence-electron chi connectivity index (χ1n) is 13.4. The van der Waals surface area contributed by atoms with Gasteiger partial charge in [0.1, 0.15) is 6.10 Å². The molecule has 0 aromatic heterocycles. The number of amides is 1. The molecular formula is C30H34N2O4. The third-order valence-corrected chi connectivity index (χ3v) is 9.79. The molecular weight excluding hydrogens is 452 g/mol. The van der Waals surface area contributed by atoms with Crippen LogP contribution in [-0.4, -0.2) is 69.8 Å². The molecule has 2 N–H and O–H groups in total. The number of phenols is 1. The van der Waals surface area contributed by atoms with E-state index in [9.17, 15) is 15.0 Å². The van der Waals surface area contributed by atoms with Gasteiger partial charge in [0.15, 0.2) is 11.5 Å². The minimum absolute atomic E-state index is 0.0425. The highest BCUT2D eigenvalue weighted by Crippen LogP contribution is 2.66. The Morgan fingerprint density at radius 1 is 1.17 bits per heavy atom. The molecule has 2 bridgehead atoms. The number of phenolic OH excluding ortho intramolecular Hbond substituents is 1. The molecule has 5 aliphatic rings. The van der Waals surface area contributed by atoms with Crippen molar-refractivity contribution in [3.05, 3.63) is 65.2 Å². The molecule has 1 saturated heterocycles. The van der Waals surface area contributed by atoms with Gasteiger partial charge in [-0.2, -0.15) is 0 Å². The summed E-state index contributed by atoms with van der Waals surface area (Å²) in [5.41, 5.74) is 1.62. The minimum Gasteiger partial charge on any atom is -0.504 e. The SMILES string of the molecule is CN(C(=O)/C=C/c1ccccc1)[C@H]1CC[C@@]2(O)[C@@H]3Cc4ccc(O)c5c4[C@@]2(CCN3CC2CC2)[C@H]1O5. The highest BCUT2D eigenvalue weighted by atomic mass is 16.5. The number of likely N-dealkylation sites (N-methyl/N-ethyl adjacent to an activating group) is 1. The van der Waals surface area contributed by atoms with Crippen LogP contribution < -0.4 is 4.74 Å². The van der Waals surface area contributed by atoms with E-state index in [4.69, 9.17) is 4.74 Å². The highest BCUT2D eigenvalue weighted by Gasteiger charge is 2.73. The molecule has 2 saturated carbocycles. The Labute approximate surface area is 212 Å². The average Bonchev–Trinajstić information content (AvgIpc) is 3.63. The van der Waals surface area contributed by atoms with Crippen molar-refractivity contribution in [1.82, 2.24) is 9.80 Å². The van der Waals surface area contributed by atoms with E-state index in [0.717, 1.165) is 43.0 Å². The molecule has 0 radical (unpaired) electrons. The lowest BCUT2D eigenvalue weighted by Crippen LogP contribution is -2.78. The lowest BCUT2D eigenvalue weighted by Gasteiger charge is -2.64. The van der Waals surface area contributed by atoms with Crippen LogP contribution in [0.1, 0.15) is 48.8 Å². The van der Waals surface area contributed by atoms with Crippen molar-refractivity contribution in [2.24, 2.45) is 5.92 Å². The number of carbonyl (C=O) groups excluding carboxylic acids is 1. The van der Waals surface area contributed by atoms with Crippen molar-refractivity contribution >= 4 is 12.0 Å². The number of hydrogen-bond donors (Lipinski definition) is 2. The summed E-state index contributed by atoms with van der Waals surface area (Å²) in [6.45, 7) is 1.97. The fourth-order valence-electron chi connectivity index (χ4n) is 7.86. The lowest BCUT2D eigenvalue weighted by atomic mass is 9.48. The standard InChI is InChI=1S/C30H34N2O4/c1-31(25(34)12-9-19-5-3-2-4-6-19)22-13-14-30(35)24-17-21-10-11-23(33)27-26(21)29(30,28(22)36-27)15-16-32(24)18-20-7-8-20/h2-6,9-12,20,22,24,28,33,35H,7-8,13-18H2,1H3/b12-9+/t22-,24-,28-,29-,30+/m0/s1. The Kier molecular flexibility index (Phi) is 4.87. The van der Waals surface area contributed by atoms with Crippen LogP contribution in [0.4, 0.5) is 0 Å². The van der Waals surface area contributed by atoms with Crippen molar-refractivity contribution < 1.29 is 19.7 Å². The fraction of sp³-hybridized carbons (Fsp3) is 0.500. The maximum Gasteiger partial charge on any atom is 0.246 e. The predicted octanol–water partition coefficient (Wildman–Crippen LogP) is 3.50. The number of hydrogen-bond acceptors (Lipinski definition) is 5. The maximum absolute atomic E-state index is 13.3. The van der Waals surface area contributed by atoms with Gasteiger partial charge in [0, 0.05) is 31.3 Å². The van der Waals surface area contributed by atoms with Gasteiger partial charge in [-0.25, -0.2) is 0 Å². The van der Waals surface area contributed by atoms with Gasteiger partial charge in [-0.05, 0) is 74.3 Å². The third-order valence-electron chi connectivity index (χ3n) is 9.79. The first kappa shape index (κ1) is 22.4. The number of aliphatic hydroxyl groups is 1. The first-order valence-corrected chi connectivity index (χ1v) is 13.4. The second kappa shape index (κ2) is 7.83. The van der Waals surface area contributed by atoms with E-state index in [1.165, 1.54) is 18.4 Å². The number of ether oxygens (including phenoxy) is 1. The van der Waals surface area contributed by atoms with E-state index in [0.29, 0.717) is 18.6 Å². The van der Waals surface area contributed by atoms with Gasteiger partial charge < -0.3 is 19.8 Å². The summed E-state index contributed by atoms with van der Waals surface area (Å²) in [6, 6.07) is 13.4. The molecule has 3 fully saturated rings. The summed E-state index contributed by atoms with van der Waals surface area (Å²) in [6.07, 6.45) is 8.51. The quantitative estimate of drug-likeness (QED) is 0.633. The Hall–Kier alpha value is -2.83. The molecule has 2 aromatic rings. The molecule has 188 valence electrons. The Balaban J connectivity index is 1.26. The van der Waals surface area contributed by atoms with Crippen LogP contribution in [0.2, 0.25) is 0 Å². The van der Waals surface area contributed by atoms with Gasteiger partial charge in [-0.15, -0.1) is 0 Å². The van der Waals surface area contributed by atoms with E-state index in [1.807, 2.05) is 49.5 Å². The number of rotatable bonds is 5. The van der Waals surface area contributed by atoms with E-state index < -0.39 is 11.0 Å². The largest absolute Gasteiger partial charge is 0.504 e. The van der Waals surface area contributed by atoms with Crippen LogP contribution in [0.15, 0.2) is 48.5 Å². The van der Waals surface area contributed by atoms with Gasteiger partial charge in [0.05, 0.1) is 17.1 Å². The summed E-state index contributed by atoms with van der Waals surface area (Å²) in [5.74, 6) is 1.34. The van der Waals surface area contributed by atoms with E-state index >= 15 is 0 Å². The van der Waals surface area contributed by atoms with Gasteiger partial charge in [-0.3, -0.25) is 9.69 Å². The Bertz CT molecular complexity index is 1240. The third kappa shape index (κ3) is 3.00. The van der Waals surface area contributed by atoms with Crippen LogP contribution in [0, 0.1) is 5.92 Å². The summed E-state index contributed by atoms with van der Waals surface area (Å²) in [7, 11) is 1.85. The fourth-order valence-corrected chi connectivity index (χ4v) is 7.86. The number of aromatic hydroxyl groups is 1. The molecule has 1 spiro atoms. The predicted molar refractivity (Wildman–Crippen MR) is 137 cm³/mol. The van der Waals surface area contributed by atoms with Crippen LogP contribution >= 0.6 is 0 Å². The maximum atomic E-state index is 13.3. The molecule has 2 aromatic carbocycles. The molecule has 36 heavy (non-hydrogen) atoms. The number of benzene rings is 2. The van der Waals surface area contributed by atoms with Crippen molar-refractivity contribution in [1.29, 1.82) is 0 Å². The molecule has 2 heterocycles. The van der Waals surface area contributed by atoms with E-state index in [1.54, 1.807) is 17.0 Å². The molecule has 5 atom stereocenters. The second-order valence-electron chi connectivity index (χ2n) is 11.6. The first-order chi connectivity index (χ1) is 17.4. The van der Waals surface area contributed by atoms with Crippen LogP contribution in [0.3, 0.4) is 0 Å². The molecule has 0 unspecified atom stereocenters. The van der Waals surface area contributed by atoms with Crippen molar-refractivity contribution in [2.75, 3.05) is 20.1 Å². The molecule has 7 rings (SSSR count). The van der Waals surface area contributed by atoms with Crippen molar-refractivity contribution in [3.8, 4) is 11.5 Å². The monoisotopic (exact) mass is 486 g/mol. The van der Waals surface area contributed by atoms with E-state index in [-0.39, 0.29) is 29.8 Å². The zero-order chi connectivity index (χ0) is 24.7. The lowest BCUT2D eigenvalue weighted by molar-refractivity contribution is -0.200.